The molecule has 2 aromatic rings. The van der Waals surface area contributed by atoms with E-state index in [1.165, 1.54) is 18.2 Å². The van der Waals surface area contributed by atoms with E-state index in [1.807, 2.05) is 0 Å². The number of H-pyrrole nitrogens is 1. The Balaban J connectivity index is 0.00000264. The molecule has 0 bridgehead atoms. The Labute approximate surface area is 149 Å². The molecule has 0 aliphatic rings. The Kier molecular flexibility index (Phi) is 5.85. The maximum absolute atomic E-state index is 11.9. The summed E-state index contributed by atoms with van der Waals surface area (Å²) >= 11 is 11.5. The number of aromatic nitrogens is 2. The van der Waals surface area contributed by atoms with Crippen molar-refractivity contribution in [3.63, 3.8) is 0 Å². The number of nitrogens with one attached hydrogen (secondary N) is 1. The third kappa shape index (κ3) is 3.68. The Bertz CT molecular complexity index is 900. The zero-order valence-electron chi connectivity index (χ0n) is 11.4. The molecule has 1 aromatic carbocycles. The Hall–Kier alpha value is -1.98. The summed E-state index contributed by atoms with van der Waals surface area (Å²) in [5, 5.41) is 20.4. The first kappa shape index (κ1) is 19.1. The van der Waals surface area contributed by atoms with Crippen LogP contribution in [0.5, 0.6) is 0 Å². The number of benzene rings is 1. The molecule has 0 saturated heterocycles. The van der Waals surface area contributed by atoms with Crippen LogP contribution in [-0.2, 0) is 0 Å². The third-order valence-corrected chi connectivity index (χ3v) is 3.06. The van der Waals surface area contributed by atoms with E-state index in [9.17, 15) is 24.3 Å². The summed E-state index contributed by atoms with van der Waals surface area (Å²) in [7, 11) is 0. The first-order valence-electron chi connectivity index (χ1n) is 5.53. The van der Waals surface area contributed by atoms with E-state index in [0.717, 1.165) is 0 Å². The monoisotopic (exact) mass is 350 g/mol. The van der Waals surface area contributed by atoms with Crippen molar-refractivity contribution in [2.75, 3.05) is 0 Å². The van der Waals surface area contributed by atoms with Gasteiger partial charge in [-0.05, 0) is 18.2 Å². The normalized spacial score (nSPS) is 10.0. The van der Waals surface area contributed by atoms with Gasteiger partial charge in [-0.25, -0.2) is 9.59 Å². The summed E-state index contributed by atoms with van der Waals surface area (Å²) in [5.74, 6) is -3.85. The first-order valence-corrected chi connectivity index (χ1v) is 6.28. The van der Waals surface area contributed by atoms with Crippen LogP contribution in [0.25, 0.3) is 5.69 Å². The molecule has 0 aliphatic heterocycles. The maximum atomic E-state index is 11.9. The fraction of sp³-hybridized carbons (Fsp3) is 0. The molecule has 0 saturated carbocycles. The average Bonchev–Trinajstić information content (AvgIpc) is 2.35. The van der Waals surface area contributed by atoms with Crippen LogP contribution in [0, 0.1) is 0 Å². The molecule has 2 rings (SSSR count). The molecule has 0 atom stereocenters. The number of hydrogen-bond donors (Lipinski definition) is 2. The molecular weight excluding hydrogens is 346 g/mol. The Morgan fingerprint density at radius 2 is 1.65 bits per heavy atom. The molecule has 0 amide bonds. The van der Waals surface area contributed by atoms with Gasteiger partial charge in [0.1, 0.15) is 0 Å². The van der Waals surface area contributed by atoms with Gasteiger partial charge in [0.15, 0.2) is 5.56 Å². The minimum atomic E-state index is -2.02. The van der Waals surface area contributed by atoms with Gasteiger partial charge in [0, 0.05) is 10.0 Å². The molecule has 23 heavy (non-hydrogen) atoms. The van der Waals surface area contributed by atoms with E-state index in [1.54, 1.807) is 4.98 Å². The predicted octanol–water partition coefficient (Wildman–Crippen LogP) is -3.10. The van der Waals surface area contributed by atoms with Gasteiger partial charge >= 0.3 is 30.5 Å². The summed E-state index contributed by atoms with van der Waals surface area (Å²) in [6.45, 7) is 0. The maximum Gasteiger partial charge on any atom is 1.00 e. The van der Waals surface area contributed by atoms with Gasteiger partial charge in [0.05, 0.1) is 17.4 Å². The van der Waals surface area contributed by atoms with E-state index in [-0.39, 0.29) is 34.6 Å². The van der Waals surface area contributed by atoms with Gasteiger partial charge in [-0.1, -0.05) is 23.2 Å². The van der Waals surface area contributed by atoms with Crippen molar-refractivity contribution in [2.45, 2.75) is 0 Å². The topological polar surface area (TPSA) is 132 Å². The van der Waals surface area contributed by atoms with Gasteiger partial charge < -0.3 is 15.0 Å². The fourth-order valence-electron chi connectivity index (χ4n) is 1.84. The Morgan fingerprint density at radius 3 is 2.09 bits per heavy atom. The number of carboxylic acid groups (broad SMARTS) is 2. The largest absolute Gasteiger partial charge is 1.00 e. The number of halogens is 2. The smallest absolute Gasteiger partial charge is 0.543 e. The second-order valence-electron chi connectivity index (χ2n) is 4.04. The van der Waals surface area contributed by atoms with Gasteiger partial charge in [-0.15, -0.1) is 0 Å². The molecule has 1 aromatic heterocycles. The van der Waals surface area contributed by atoms with E-state index in [0.29, 0.717) is 4.57 Å². The van der Waals surface area contributed by atoms with Crippen molar-refractivity contribution in [1.82, 2.24) is 9.55 Å². The molecule has 0 aliphatic carbocycles. The van der Waals surface area contributed by atoms with E-state index < -0.39 is 34.4 Å². The van der Waals surface area contributed by atoms with Crippen molar-refractivity contribution in [1.29, 1.82) is 0 Å². The van der Waals surface area contributed by atoms with Crippen molar-refractivity contribution in [3.8, 4) is 5.69 Å². The number of rotatable bonds is 3. The van der Waals surface area contributed by atoms with Crippen LogP contribution in [-0.4, -0.2) is 26.6 Å². The van der Waals surface area contributed by atoms with Crippen LogP contribution in [0.4, 0.5) is 0 Å². The number of carboxylic acids is 2. The van der Waals surface area contributed by atoms with Crippen molar-refractivity contribution < 1.29 is 38.7 Å². The fourth-order valence-corrected chi connectivity index (χ4v) is 2.36. The SMILES string of the molecule is O=C(O)c1c(C(=O)[O-])n(-c2cc(Cl)cc(Cl)c2)c(=O)[nH]c1=O.[Li+]. The summed E-state index contributed by atoms with van der Waals surface area (Å²) in [6, 6.07) is 3.66. The molecule has 8 nitrogen and oxygen atoms in total. The molecular formula is C12H5Cl2LiN2O6. The summed E-state index contributed by atoms with van der Waals surface area (Å²) in [4.78, 5) is 47.5. The molecule has 0 radical (unpaired) electrons. The zero-order chi connectivity index (χ0) is 16.6. The van der Waals surface area contributed by atoms with Crippen LogP contribution < -0.4 is 35.2 Å². The average molecular weight is 351 g/mol. The standard InChI is InChI=1S/C12H6Cl2N2O6.Li/c13-4-1-5(14)3-6(2-4)16-8(11(20)21)7(10(18)19)9(17)15-12(16)22;/h1-3H,(H,18,19)(H,20,21)(H,15,17,22);/q;+1/p-1. The Morgan fingerprint density at radius 1 is 1.13 bits per heavy atom. The van der Waals surface area contributed by atoms with Crippen LogP contribution >= 0.6 is 23.2 Å². The molecule has 0 fully saturated rings. The van der Waals surface area contributed by atoms with Gasteiger partial charge in [-0.3, -0.25) is 14.3 Å². The summed E-state index contributed by atoms with van der Waals surface area (Å²) < 4.78 is 0.442. The molecule has 114 valence electrons. The minimum absolute atomic E-state index is 0. The number of hydrogen-bond acceptors (Lipinski definition) is 5. The van der Waals surface area contributed by atoms with E-state index in [2.05, 4.69) is 0 Å². The second kappa shape index (κ2) is 7.06. The quantitative estimate of drug-likeness (QED) is 0.563. The number of carbonyl (C=O) groups excluding carboxylic acids is 1. The molecule has 1 heterocycles. The van der Waals surface area contributed by atoms with Gasteiger partial charge in [0.2, 0.25) is 0 Å². The van der Waals surface area contributed by atoms with Crippen LogP contribution in [0.2, 0.25) is 10.0 Å². The molecule has 0 spiro atoms. The predicted molar refractivity (Wildman–Crippen MR) is 74.0 cm³/mol. The van der Waals surface area contributed by atoms with Crippen LogP contribution in [0.1, 0.15) is 20.8 Å². The molecule has 0 unspecified atom stereocenters. The number of nitrogens with zero attached hydrogens (tertiary/aromatic N) is 1. The van der Waals surface area contributed by atoms with Crippen molar-refractivity contribution in [2.24, 2.45) is 0 Å². The van der Waals surface area contributed by atoms with E-state index >= 15 is 0 Å². The molecule has 2 N–H and O–H groups in total. The number of aromatic amines is 1. The van der Waals surface area contributed by atoms with Crippen LogP contribution in [0.15, 0.2) is 27.8 Å². The third-order valence-electron chi connectivity index (χ3n) is 2.62. The number of aromatic carboxylic acids is 2. The minimum Gasteiger partial charge on any atom is -0.543 e. The zero-order valence-corrected chi connectivity index (χ0v) is 12.9. The first-order chi connectivity index (χ1) is 10.2. The van der Waals surface area contributed by atoms with Crippen molar-refractivity contribution >= 4 is 35.1 Å². The number of carbonyl (C=O) groups is 2. The van der Waals surface area contributed by atoms with Gasteiger partial charge in [0.25, 0.3) is 5.56 Å². The summed E-state index contributed by atoms with van der Waals surface area (Å²) in [6.07, 6.45) is 0. The van der Waals surface area contributed by atoms with Crippen molar-refractivity contribution in [3.05, 3.63) is 60.3 Å². The summed E-state index contributed by atoms with van der Waals surface area (Å²) in [5.41, 5.74) is -4.93. The van der Waals surface area contributed by atoms with Gasteiger partial charge in [-0.2, -0.15) is 0 Å². The van der Waals surface area contributed by atoms with E-state index in [4.69, 9.17) is 28.3 Å². The van der Waals surface area contributed by atoms with Crippen LogP contribution in [0.3, 0.4) is 0 Å². The molecule has 11 heteroatoms. The second-order valence-corrected chi connectivity index (χ2v) is 4.91.